The molecule has 1 heterocycles. The fraction of sp³-hybridized carbons (Fsp3) is 0.350. The fourth-order valence-electron chi connectivity index (χ4n) is 3.27. The van der Waals surface area contributed by atoms with E-state index in [9.17, 15) is 13.2 Å². The molecule has 0 spiro atoms. The molecule has 1 aliphatic heterocycles. The van der Waals surface area contributed by atoms with Gasteiger partial charge in [0.1, 0.15) is 0 Å². The maximum Gasteiger partial charge on any atom is 0.222 e. The third kappa shape index (κ3) is 4.28. The first-order valence-electron chi connectivity index (χ1n) is 8.68. The third-order valence-electron chi connectivity index (χ3n) is 4.78. The predicted octanol–water partition coefficient (Wildman–Crippen LogP) is 3.08. The molecule has 0 atom stereocenters. The van der Waals surface area contributed by atoms with Gasteiger partial charge >= 0.3 is 0 Å². The molecular formula is C20H23NO3S. The lowest BCUT2D eigenvalue weighted by Crippen LogP contribution is -2.42. The highest BCUT2D eigenvalue weighted by atomic mass is 32.2. The first-order chi connectivity index (χ1) is 12.1. The number of sulfone groups is 1. The van der Waals surface area contributed by atoms with Crippen LogP contribution in [0.5, 0.6) is 0 Å². The van der Waals surface area contributed by atoms with Gasteiger partial charge in [0.25, 0.3) is 0 Å². The highest BCUT2D eigenvalue weighted by molar-refractivity contribution is 7.92. The smallest absolute Gasteiger partial charge is 0.222 e. The van der Waals surface area contributed by atoms with Crippen molar-refractivity contribution in [1.29, 1.82) is 0 Å². The van der Waals surface area contributed by atoms with Crippen molar-refractivity contribution >= 4 is 15.7 Å². The largest absolute Gasteiger partial charge is 0.343 e. The van der Waals surface area contributed by atoms with E-state index in [2.05, 4.69) is 0 Å². The molecule has 25 heavy (non-hydrogen) atoms. The number of hydrogen-bond donors (Lipinski definition) is 0. The molecule has 0 aliphatic carbocycles. The van der Waals surface area contributed by atoms with Gasteiger partial charge in [0.05, 0.1) is 10.1 Å². The van der Waals surface area contributed by atoms with Crippen molar-refractivity contribution in [3.63, 3.8) is 0 Å². The zero-order chi connectivity index (χ0) is 17.7. The first-order valence-corrected chi connectivity index (χ1v) is 10.2. The van der Waals surface area contributed by atoms with Crippen LogP contribution in [0.1, 0.15) is 24.8 Å². The highest BCUT2D eigenvalue weighted by Gasteiger charge is 2.32. The van der Waals surface area contributed by atoms with Gasteiger partial charge in [-0.1, -0.05) is 48.5 Å². The lowest BCUT2D eigenvalue weighted by atomic mass is 10.1. The molecule has 0 radical (unpaired) electrons. The molecule has 0 saturated carbocycles. The van der Waals surface area contributed by atoms with Crippen LogP contribution in [0.15, 0.2) is 65.6 Å². The molecule has 1 aliphatic rings. The summed E-state index contributed by atoms with van der Waals surface area (Å²) in [5.41, 5.74) is 1.15. The summed E-state index contributed by atoms with van der Waals surface area (Å²) in [5, 5.41) is -0.395. The van der Waals surface area contributed by atoms with Gasteiger partial charge in [0, 0.05) is 19.5 Å². The van der Waals surface area contributed by atoms with E-state index in [1.165, 1.54) is 0 Å². The van der Waals surface area contributed by atoms with Gasteiger partial charge in [0.2, 0.25) is 5.91 Å². The van der Waals surface area contributed by atoms with Gasteiger partial charge in [0.15, 0.2) is 9.84 Å². The summed E-state index contributed by atoms with van der Waals surface area (Å²) in [6, 6.07) is 18.5. The predicted molar refractivity (Wildman–Crippen MR) is 98.0 cm³/mol. The summed E-state index contributed by atoms with van der Waals surface area (Å²) >= 11 is 0. The van der Waals surface area contributed by atoms with Gasteiger partial charge in [-0.05, 0) is 37.0 Å². The maximum absolute atomic E-state index is 12.7. The second-order valence-electron chi connectivity index (χ2n) is 6.42. The number of aryl methyl sites for hydroxylation is 1. The van der Waals surface area contributed by atoms with Crippen LogP contribution >= 0.6 is 0 Å². The van der Waals surface area contributed by atoms with Gasteiger partial charge in [-0.25, -0.2) is 8.42 Å². The van der Waals surface area contributed by atoms with Crippen molar-refractivity contribution in [2.45, 2.75) is 35.8 Å². The fourth-order valence-corrected chi connectivity index (χ4v) is 5.02. The zero-order valence-corrected chi connectivity index (χ0v) is 15.0. The van der Waals surface area contributed by atoms with Crippen LogP contribution in [-0.4, -0.2) is 37.6 Å². The first kappa shape index (κ1) is 17.7. The Hall–Kier alpha value is -2.14. The molecule has 3 rings (SSSR count). The van der Waals surface area contributed by atoms with E-state index < -0.39 is 15.1 Å². The second-order valence-corrected chi connectivity index (χ2v) is 8.65. The maximum atomic E-state index is 12.7. The van der Waals surface area contributed by atoms with E-state index in [4.69, 9.17) is 0 Å². The number of piperidine rings is 1. The Labute approximate surface area is 149 Å². The topological polar surface area (TPSA) is 54.5 Å². The number of carbonyl (C=O) groups excluding carboxylic acids is 1. The number of nitrogens with zero attached hydrogens (tertiary/aromatic N) is 1. The molecular weight excluding hydrogens is 334 g/mol. The van der Waals surface area contributed by atoms with Crippen LogP contribution in [0.4, 0.5) is 0 Å². The van der Waals surface area contributed by atoms with E-state index in [0.717, 1.165) is 12.0 Å². The van der Waals surface area contributed by atoms with Crippen LogP contribution in [0.3, 0.4) is 0 Å². The van der Waals surface area contributed by atoms with Gasteiger partial charge in [-0.2, -0.15) is 0 Å². The molecule has 5 heteroatoms. The number of rotatable bonds is 5. The van der Waals surface area contributed by atoms with Crippen LogP contribution in [0.25, 0.3) is 0 Å². The SMILES string of the molecule is O=C(CCc1ccccc1)N1CCC(S(=O)(=O)c2ccccc2)CC1. The minimum atomic E-state index is -3.30. The van der Waals surface area contributed by atoms with E-state index >= 15 is 0 Å². The average molecular weight is 357 g/mol. The van der Waals surface area contributed by atoms with E-state index in [0.29, 0.717) is 37.2 Å². The Morgan fingerprint density at radius 1 is 0.920 bits per heavy atom. The molecule has 0 unspecified atom stereocenters. The lowest BCUT2D eigenvalue weighted by Gasteiger charge is -2.32. The standard InChI is InChI=1S/C20H23NO3S/c22-20(12-11-17-7-3-1-4-8-17)21-15-13-19(14-16-21)25(23,24)18-9-5-2-6-10-18/h1-10,19H,11-16H2. The van der Waals surface area contributed by atoms with Crippen molar-refractivity contribution in [2.24, 2.45) is 0 Å². The van der Waals surface area contributed by atoms with Crippen molar-refractivity contribution in [2.75, 3.05) is 13.1 Å². The Balaban J connectivity index is 1.54. The van der Waals surface area contributed by atoms with E-state index in [-0.39, 0.29) is 5.91 Å². The molecule has 4 nitrogen and oxygen atoms in total. The Kier molecular flexibility index (Phi) is 5.53. The molecule has 1 fully saturated rings. The minimum absolute atomic E-state index is 0.111. The summed E-state index contributed by atoms with van der Waals surface area (Å²) in [6.07, 6.45) is 2.21. The summed E-state index contributed by atoms with van der Waals surface area (Å²) in [6.45, 7) is 1.04. The van der Waals surface area contributed by atoms with Gasteiger partial charge in [-0.3, -0.25) is 4.79 Å². The summed E-state index contributed by atoms with van der Waals surface area (Å²) < 4.78 is 25.3. The number of benzene rings is 2. The zero-order valence-electron chi connectivity index (χ0n) is 14.2. The minimum Gasteiger partial charge on any atom is -0.343 e. The monoisotopic (exact) mass is 357 g/mol. The van der Waals surface area contributed by atoms with Crippen molar-refractivity contribution < 1.29 is 13.2 Å². The number of carbonyl (C=O) groups is 1. The molecule has 1 saturated heterocycles. The Morgan fingerprint density at radius 2 is 1.48 bits per heavy atom. The molecule has 132 valence electrons. The van der Waals surface area contributed by atoms with Crippen LogP contribution in [-0.2, 0) is 21.1 Å². The van der Waals surface area contributed by atoms with Gasteiger partial charge in [-0.15, -0.1) is 0 Å². The van der Waals surface area contributed by atoms with Crippen molar-refractivity contribution in [1.82, 2.24) is 4.90 Å². The van der Waals surface area contributed by atoms with E-state index in [1.54, 1.807) is 29.2 Å². The average Bonchev–Trinajstić information content (AvgIpc) is 2.68. The molecule has 1 amide bonds. The Bertz CT molecular complexity index is 795. The second kappa shape index (κ2) is 7.83. The summed E-state index contributed by atoms with van der Waals surface area (Å²) in [5.74, 6) is 0.111. The van der Waals surface area contributed by atoms with Crippen molar-refractivity contribution in [3.05, 3.63) is 66.2 Å². The third-order valence-corrected chi connectivity index (χ3v) is 7.05. The van der Waals surface area contributed by atoms with Crippen LogP contribution < -0.4 is 0 Å². The summed E-state index contributed by atoms with van der Waals surface area (Å²) in [7, 11) is -3.30. The molecule has 0 aromatic heterocycles. The van der Waals surface area contributed by atoms with Gasteiger partial charge < -0.3 is 4.90 Å². The van der Waals surface area contributed by atoms with Crippen LogP contribution in [0.2, 0.25) is 0 Å². The quantitative estimate of drug-likeness (QED) is 0.826. The molecule has 2 aromatic rings. The van der Waals surface area contributed by atoms with Crippen LogP contribution in [0, 0.1) is 0 Å². The molecule has 2 aromatic carbocycles. The number of likely N-dealkylation sites (tertiary alicyclic amines) is 1. The molecule has 0 bridgehead atoms. The molecule has 0 N–H and O–H groups in total. The normalized spacial score (nSPS) is 15.9. The lowest BCUT2D eigenvalue weighted by molar-refractivity contribution is -0.132. The van der Waals surface area contributed by atoms with Crippen molar-refractivity contribution in [3.8, 4) is 0 Å². The van der Waals surface area contributed by atoms with E-state index in [1.807, 2.05) is 36.4 Å². The Morgan fingerprint density at radius 3 is 2.08 bits per heavy atom. The summed E-state index contributed by atoms with van der Waals surface area (Å²) in [4.78, 5) is 14.6. The number of amides is 1. The highest BCUT2D eigenvalue weighted by Crippen LogP contribution is 2.24. The number of hydrogen-bond acceptors (Lipinski definition) is 3.